The van der Waals surface area contributed by atoms with Gasteiger partial charge in [0, 0.05) is 0 Å². The fraction of sp³-hybridized carbons (Fsp3) is 0.700. The van der Waals surface area contributed by atoms with Gasteiger partial charge in [-0.15, -0.1) is 0 Å². The van der Waals surface area contributed by atoms with E-state index in [0.717, 1.165) is 32.7 Å². The second-order valence-corrected chi connectivity index (χ2v) is 3.65. The zero-order chi connectivity index (χ0) is 9.10. The molecular weight excluding hydrogens is 164 g/mol. The summed E-state index contributed by atoms with van der Waals surface area (Å²) in [5.74, 6) is 0. The van der Waals surface area contributed by atoms with Gasteiger partial charge in [-0.05, 0) is 25.8 Å². The summed E-state index contributed by atoms with van der Waals surface area (Å²) in [6, 6.07) is 0. The molecule has 1 aliphatic heterocycles. The quantitative estimate of drug-likeness (QED) is 0.609. The molecular formula is C10H16N2O. The Balaban J connectivity index is 1.94. The van der Waals surface area contributed by atoms with Crippen molar-refractivity contribution >= 4 is 5.71 Å². The number of hydrogen-bond donors (Lipinski definition) is 0. The summed E-state index contributed by atoms with van der Waals surface area (Å²) < 4.78 is 5.26. The van der Waals surface area contributed by atoms with Crippen molar-refractivity contribution in [3.05, 3.63) is 11.6 Å². The molecule has 0 amide bonds. The van der Waals surface area contributed by atoms with Crippen molar-refractivity contribution < 1.29 is 4.74 Å². The van der Waals surface area contributed by atoms with E-state index < -0.39 is 0 Å². The van der Waals surface area contributed by atoms with Gasteiger partial charge >= 0.3 is 0 Å². The number of morpholine rings is 1. The average molecular weight is 180 g/mol. The Morgan fingerprint density at radius 3 is 2.69 bits per heavy atom. The molecule has 1 aliphatic carbocycles. The van der Waals surface area contributed by atoms with Crippen LogP contribution in [-0.2, 0) is 4.74 Å². The Morgan fingerprint density at radius 1 is 1.31 bits per heavy atom. The molecule has 13 heavy (non-hydrogen) atoms. The number of ether oxygens (including phenoxy) is 1. The lowest BCUT2D eigenvalue weighted by Crippen LogP contribution is -2.32. The van der Waals surface area contributed by atoms with Crippen molar-refractivity contribution in [3.8, 4) is 0 Å². The van der Waals surface area contributed by atoms with E-state index in [1.807, 2.05) is 0 Å². The van der Waals surface area contributed by atoms with Gasteiger partial charge in [0.15, 0.2) is 0 Å². The minimum absolute atomic E-state index is 0.819. The summed E-state index contributed by atoms with van der Waals surface area (Å²) in [6.07, 6.45) is 4.50. The molecule has 1 heterocycles. The van der Waals surface area contributed by atoms with Crippen LogP contribution in [0.15, 0.2) is 16.8 Å². The van der Waals surface area contributed by atoms with Crippen LogP contribution in [0.3, 0.4) is 0 Å². The van der Waals surface area contributed by atoms with Crippen LogP contribution in [-0.4, -0.2) is 37.0 Å². The Bertz CT molecular complexity index is 239. The molecule has 0 atom stereocenters. The first kappa shape index (κ1) is 8.75. The molecule has 0 aromatic heterocycles. The van der Waals surface area contributed by atoms with Gasteiger partial charge in [-0.2, -0.15) is 5.10 Å². The smallest absolute Gasteiger partial charge is 0.0659 e. The first-order valence-corrected chi connectivity index (χ1v) is 4.92. The molecule has 0 saturated carbocycles. The van der Waals surface area contributed by atoms with Gasteiger partial charge in [0.2, 0.25) is 0 Å². The van der Waals surface area contributed by atoms with Gasteiger partial charge in [0.1, 0.15) is 0 Å². The maximum atomic E-state index is 5.26. The molecule has 0 N–H and O–H groups in total. The lowest BCUT2D eigenvalue weighted by molar-refractivity contribution is 0.0393. The van der Waals surface area contributed by atoms with Crippen LogP contribution < -0.4 is 0 Å². The monoisotopic (exact) mass is 180 g/mol. The third-order valence-corrected chi connectivity index (χ3v) is 2.45. The highest BCUT2D eigenvalue weighted by atomic mass is 16.5. The van der Waals surface area contributed by atoms with Gasteiger partial charge in [0.25, 0.3) is 0 Å². The van der Waals surface area contributed by atoms with Crippen molar-refractivity contribution in [1.82, 2.24) is 5.01 Å². The Kier molecular flexibility index (Phi) is 2.64. The summed E-state index contributed by atoms with van der Waals surface area (Å²) >= 11 is 0. The molecule has 1 fully saturated rings. The molecule has 0 radical (unpaired) electrons. The second kappa shape index (κ2) is 3.92. The molecule has 0 aromatic carbocycles. The Morgan fingerprint density at radius 2 is 2.08 bits per heavy atom. The van der Waals surface area contributed by atoms with Crippen LogP contribution in [0.1, 0.15) is 19.8 Å². The van der Waals surface area contributed by atoms with Gasteiger partial charge in [0.05, 0.1) is 32.0 Å². The van der Waals surface area contributed by atoms with E-state index in [0.29, 0.717) is 0 Å². The van der Waals surface area contributed by atoms with Gasteiger partial charge in [-0.1, -0.05) is 5.57 Å². The lowest BCUT2D eigenvalue weighted by atomic mass is 10.3. The normalized spacial score (nSPS) is 26.7. The van der Waals surface area contributed by atoms with Gasteiger partial charge in [-0.3, -0.25) is 5.01 Å². The number of hydrazone groups is 1. The first-order valence-electron chi connectivity index (χ1n) is 4.92. The molecule has 0 unspecified atom stereocenters. The van der Waals surface area contributed by atoms with Crippen LogP contribution >= 0.6 is 0 Å². The van der Waals surface area contributed by atoms with Crippen LogP contribution in [0.5, 0.6) is 0 Å². The fourth-order valence-electron chi connectivity index (χ4n) is 1.67. The predicted octanol–water partition coefficient (Wildman–Crippen LogP) is 1.41. The highest BCUT2D eigenvalue weighted by Gasteiger charge is 2.11. The van der Waals surface area contributed by atoms with E-state index in [9.17, 15) is 0 Å². The van der Waals surface area contributed by atoms with E-state index in [-0.39, 0.29) is 0 Å². The SMILES string of the molecule is CC1=C/C(=N\N2CCOCC2)CC1. The predicted molar refractivity (Wildman–Crippen MR) is 52.8 cm³/mol. The minimum atomic E-state index is 0.819. The molecule has 2 aliphatic rings. The molecule has 3 heteroatoms. The summed E-state index contributed by atoms with van der Waals surface area (Å²) in [5, 5.41) is 6.70. The second-order valence-electron chi connectivity index (χ2n) is 3.65. The minimum Gasteiger partial charge on any atom is -0.378 e. The van der Waals surface area contributed by atoms with Crippen molar-refractivity contribution in [3.63, 3.8) is 0 Å². The van der Waals surface area contributed by atoms with Gasteiger partial charge in [-0.25, -0.2) is 0 Å². The molecule has 0 aromatic rings. The van der Waals surface area contributed by atoms with Crippen LogP contribution in [0.2, 0.25) is 0 Å². The van der Waals surface area contributed by atoms with Crippen LogP contribution in [0.4, 0.5) is 0 Å². The first-order chi connectivity index (χ1) is 6.34. The van der Waals surface area contributed by atoms with E-state index >= 15 is 0 Å². The van der Waals surface area contributed by atoms with Crippen LogP contribution in [0, 0.1) is 0 Å². The molecule has 72 valence electrons. The van der Waals surface area contributed by atoms with Crippen molar-refractivity contribution in [1.29, 1.82) is 0 Å². The molecule has 0 spiro atoms. The highest BCUT2D eigenvalue weighted by molar-refractivity contribution is 5.97. The van der Waals surface area contributed by atoms with E-state index in [2.05, 4.69) is 23.1 Å². The highest BCUT2D eigenvalue weighted by Crippen LogP contribution is 2.15. The maximum Gasteiger partial charge on any atom is 0.0659 e. The van der Waals surface area contributed by atoms with Crippen molar-refractivity contribution in [2.45, 2.75) is 19.8 Å². The van der Waals surface area contributed by atoms with Crippen LogP contribution in [0.25, 0.3) is 0 Å². The largest absolute Gasteiger partial charge is 0.378 e. The van der Waals surface area contributed by atoms with Crippen molar-refractivity contribution in [2.75, 3.05) is 26.3 Å². The lowest BCUT2D eigenvalue weighted by Gasteiger charge is -2.24. The summed E-state index contributed by atoms with van der Waals surface area (Å²) in [4.78, 5) is 0. The summed E-state index contributed by atoms with van der Waals surface area (Å²) in [5.41, 5.74) is 2.69. The third kappa shape index (κ3) is 2.31. The van der Waals surface area contributed by atoms with E-state index in [4.69, 9.17) is 4.74 Å². The number of nitrogens with zero attached hydrogens (tertiary/aromatic N) is 2. The van der Waals surface area contributed by atoms with Crippen molar-refractivity contribution in [2.24, 2.45) is 5.10 Å². The number of hydrogen-bond acceptors (Lipinski definition) is 3. The molecule has 3 nitrogen and oxygen atoms in total. The zero-order valence-corrected chi connectivity index (χ0v) is 8.12. The van der Waals surface area contributed by atoms with Gasteiger partial charge < -0.3 is 4.74 Å². The van der Waals surface area contributed by atoms with E-state index in [1.54, 1.807) is 0 Å². The standard InChI is InChI=1S/C10H16N2O/c1-9-2-3-10(8-9)11-12-4-6-13-7-5-12/h8H,2-7H2,1H3/b11-10-. The fourth-order valence-corrected chi connectivity index (χ4v) is 1.67. The topological polar surface area (TPSA) is 24.8 Å². The molecule has 2 rings (SSSR count). The number of allylic oxidation sites excluding steroid dienone is 2. The summed E-state index contributed by atoms with van der Waals surface area (Å²) in [6.45, 7) is 5.69. The van der Waals surface area contributed by atoms with E-state index in [1.165, 1.54) is 17.7 Å². The Labute approximate surface area is 79.1 Å². The zero-order valence-electron chi connectivity index (χ0n) is 8.12. The Hall–Kier alpha value is -0.830. The molecule has 1 saturated heterocycles. The summed E-state index contributed by atoms with van der Waals surface area (Å²) in [7, 11) is 0. The molecule has 0 bridgehead atoms. The maximum absolute atomic E-state index is 5.26. The third-order valence-electron chi connectivity index (χ3n) is 2.45. The average Bonchev–Trinajstić information content (AvgIpc) is 2.53. The number of rotatable bonds is 1.